The smallest absolute Gasteiger partial charge is 0.221 e. The van der Waals surface area contributed by atoms with Gasteiger partial charge in [0, 0.05) is 12.3 Å². The first-order valence-electron chi connectivity index (χ1n) is 4.99. The molecule has 0 fully saturated rings. The molecule has 5 nitrogen and oxygen atoms in total. The number of hydrogen-bond donors (Lipinski definition) is 2. The molecule has 0 unspecified atom stereocenters. The Morgan fingerprint density at radius 1 is 1.35 bits per heavy atom. The summed E-state index contributed by atoms with van der Waals surface area (Å²) in [6, 6.07) is 8.60. The highest BCUT2D eigenvalue weighted by Crippen LogP contribution is 2.41. The van der Waals surface area contributed by atoms with Crippen LogP contribution in [0.4, 0.5) is 11.4 Å². The number of nitrogens with one attached hydrogen (secondary N) is 1. The normalized spacial score (nSPS) is 10.2. The summed E-state index contributed by atoms with van der Waals surface area (Å²) in [5.41, 5.74) is 0.123. The molecule has 0 aliphatic heterocycles. The second-order valence-corrected chi connectivity index (χ2v) is 3.61. The van der Waals surface area contributed by atoms with E-state index in [2.05, 4.69) is 10.5 Å². The minimum absolute atomic E-state index is 0.0631. The first-order chi connectivity index (χ1) is 8.13. The van der Waals surface area contributed by atoms with Gasteiger partial charge in [-0.25, -0.2) is 0 Å². The summed E-state index contributed by atoms with van der Waals surface area (Å²) in [5.74, 6) is -0.638. The fourth-order valence-electron chi connectivity index (χ4n) is 1.69. The number of carbonyl (C=O) groups excluding carboxylic acids is 1. The molecule has 0 atom stereocenters. The minimum Gasteiger partial charge on any atom is -0.504 e. The van der Waals surface area contributed by atoms with Crippen LogP contribution in [0.25, 0.3) is 10.8 Å². The highest BCUT2D eigenvalue weighted by Gasteiger charge is 2.13. The maximum absolute atomic E-state index is 11.0. The molecule has 0 aromatic heterocycles. The molecule has 17 heavy (non-hydrogen) atoms. The maximum atomic E-state index is 11.0. The lowest BCUT2D eigenvalue weighted by molar-refractivity contribution is -0.114. The lowest BCUT2D eigenvalue weighted by Gasteiger charge is -2.09. The molecule has 2 rings (SSSR count). The van der Waals surface area contributed by atoms with E-state index in [4.69, 9.17) is 0 Å². The van der Waals surface area contributed by atoms with Gasteiger partial charge in [-0.05, 0) is 16.6 Å². The number of phenolic OH excluding ortho intramolecular Hbond substituents is 1. The molecule has 2 aromatic carbocycles. The van der Waals surface area contributed by atoms with E-state index in [1.807, 2.05) is 0 Å². The average Bonchev–Trinajstić information content (AvgIpc) is 2.30. The van der Waals surface area contributed by atoms with Crippen molar-refractivity contribution < 1.29 is 9.90 Å². The van der Waals surface area contributed by atoms with Gasteiger partial charge in [-0.15, -0.1) is 4.91 Å². The molecule has 5 heteroatoms. The average molecular weight is 230 g/mol. The molecule has 0 spiro atoms. The molecule has 0 bridgehead atoms. The van der Waals surface area contributed by atoms with Crippen molar-refractivity contribution in [2.75, 3.05) is 5.32 Å². The minimum atomic E-state index is -0.326. The monoisotopic (exact) mass is 230 g/mol. The Morgan fingerprint density at radius 3 is 2.71 bits per heavy atom. The van der Waals surface area contributed by atoms with Crippen LogP contribution in [0.5, 0.6) is 5.75 Å². The first kappa shape index (κ1) is 11.1. The second-order valence-electron chi connectivity index (χ2n) is 3.61. The number of carbonyl (C=O) groups is 1. The standard InChI is InChI=1S/C12H10N2O3/c1-7(15)13-10-6-8-4-2-3-5-9(8)11(14-17)12(10)16/h2-6,16H,1H3,(H,13,15). The third-order valence-electron chi connectivity index (χ3n) is 2.40. The number of nitrogens with zero attached hydrogens (tertiary/aromatic N) is 1. The lowest BCUT2D eigenvalue weighted by atomic mass is 10.1. The summed E-state index contributed by atoms with van der Waals surface area (Å²) >= 11 is 0. The second kappa shape index (κ2) is 4.21. The molecular weight excluding hydrogens is 220 g/mol. The van der Waals surface area contributed by atoms with Crippen molar-refractivity contribution in [2.24, 2.45) is 5.18 Å². The van der Waals surface area contributed by atoms with Crippen LogP contribution in [0, 0.1) is 4.91 Å². The zero-order valence-corrected chi connectivity index (χ0v) is 9.10. The van der Waals surface area contributed by atoms with E-state index in [0.717, 1.165) is 5.39 Å². The number of amides is 1. The van der Waals surface area contributed by atoms with Crippen LogP contribution in [0.3, 0.4) is 0 Å². The molecule has 2 aromatic rings. The Kier molecular flexibility index (Phi) is 2.74. The van der Waals surface area contributed by atoms with Gasteiger partial charge in [-0.2, -0.15) is 0 Å². The van der Waals surface area contributed by atoms with Crippen molar-refractivity contribution in [3.8, 4) is 5.75 Å². The van der Waals surface area contributed by atoms with Gasteiger partial charge in [0.1, 0.15) is 0 Å². The van der Waals surface area contributed by atoms with E-state index in [1.165, 1.54) is 6.92 Å². The van der Waals surface area contributed by atoms with Crippen LogP contribution in [-0.4, -0.2) is 11.0 Å². The highest BCUT2D eigenvalue weighted by atomic mass is 16.3. The third kappa shape index (κ3) is 1.94. The zero-order valence-electron chi connectivity index (χ0n) is 9.10. The van der Waals surface area contributed by atoms with Crippen LogP contribution in [0.1, 0.15) is 6.92 Å². The molecule has 0 radical (unpaired) electrons. The first-order valence-corrected chi connectivity index (χ1v) is 4.99. The molecule has 0 saturated heterocycles. The fourth-order valence-corrected chi connectivity index (χ4v) is 1.69. The van der Waals surface area contributed by atoms with Gasteiger partial charge in [0.2, 0.25) is 5.91 Å². The van der Waals surface area contributed by atoms with Crippen molar-refractivity contribution in [2.45, 2.75) is 6.92 Å². The number of hydrogen-bond acceptors (Lipinski definition) is 4. The summed E-state index contributed by atoms with van der Waals surface area (Å²) in [6.45, 7) is 1.32. The molecule has 1 amide bonds. The van der Waals surface area contributed by atoms with Gasteiger partial charge in [0.25, 0.3) is 0 Å². The fraction of sp³-hybridized carbons (Fsp3) is 0.0833. The molecule has 0 saturated carbocycles. The molecular formula is C12H10N2O3. The number of anilines is 1. The zero-order chi connectivity index (χ0) is 12.4. The van der Waals surface area contributed by atoms with Gasteiger partial charge >= 0.3 is 0 Å². The molecule has 0 aliphatic rings. The van der Waals surface area contributed by atoms with Gasteiger partial charge in [0.05, 0.1) is 5.69 Å². The summed E-state index contributed by atoms with van der Waals surface area (Å²) in [5, 5.41) is 16.4. The van der Waals surface area contributed by atoms with E-state index < -0.39 is 0 Å². The van der Waals surface area contributed by atoms with Crippen LogP contribution in [0.2, 0.25) is 0 Å². The van der Waals surface area contributed by atoms with Gasteiger partial charge in [0.15, 0.2) is 11.4 Å². The summed E-state index contributed by atoms with van der Waals surface area (Å²) in [4.78, 5) is 21.7. The Labute approximate surface area is 97.0 Å². The largest absolute Gasteiger partial charge is 0.504 e. The van der Waals surface area contributed by atoms with E-state index in [0.29, 0.717) is 5.39 Å². The van der Waals surface area contributed by atoms with Gasteiger partial charge in [-0.3, -0.25) is 4.79 Å². The van der Waals surface area contributed by atoms with Crippen LogP contribution >= 0.6 is 0 Å². The van der Waals surface area contributed by atoms with Crippen molar-refractivity contribution in [3.05, 3.63) is 35.2 Å². The SMILES string of the molecule is CC(=O)Nc1cc2ccccc2c(N=O)c1O. The van der Waals surface area contributed by atoms with E-state index in [9.17, 15) is 14.8 Å². The van der Waals surface area contributed by atoms with Gasteiger partial charge in [-0.1, -0.05) is 24.3 Å². The van der Waals surface area contributed by atoms with E-state index in [1.54, 1.807) is 30.3 Å². The van der Waals surface area contributed by atoms with Crippen molar-refractivity contribution in [3.63, 3.8) is 0 Å². The summed E-state index contributed by atoms with van der Waals surface area (Å²) < 4.78 is 0. The third-order valence-corrected chi connectivity index (χ3v) is 2.40. The summed E-state index contributed by atoms with van der Waals surface area (Å²) in [7, 11) is 0. The number of benzene rings is 2. The molecule has 86 valence electrons. The van der Waals surface area contributed by atoms with E-state index >= 15 is 0 Å². The number of nitroso groups, excluding NO2 is 1. The number of fused-ring (bicyclic) bond motifs is 1. The Bertz CT molecular complexity index is 608. The Hall–Kier alpha value is -2.43. The van der Waals surface area contributed by atoms with Crippen molar-refractivity contribution >= 4 is 28.1 Å². The number of aromatic hydroxyl groups is 1. The highest BCUT2D eigenvalue weighted by molar-refractivity contribution is 6.02. The van der Waals surface area contributed by atoms with Crippen molar-refractivity contribution in [1.82, 2.24) is 0 Å². The summed E-state index contributed by atoms with van der Waals surface area (Å²) in [6.07, 6.45) is 0. The van der Waals surface area contributed by atoms with Crippen LogP contribution in [0.15, 0.2) is 35.5 Å². The van der Waals surface area contributed by atoms with Crippen molar-refractivity contribution in [1.29, 1.82) is 0 Å². The predicted octanol–water partition coefficient (Wildman–Crippen LogP) is 2.90. The van der Waals surface area contributed by atoms with Crippen LogP contribution in [-0.2, 0) is 4.79 Å². The predicted molar refractivity (Wildman–Crippen MR) is 65.4 cm³/mol. The molecule has 0 aliphatic carbocycles. The maximum Gasteiger partial charge on any atom is 0.221 e. The van der Waals surface area contributed by atoms with E-state index in [-0.39, 0.29) is 23.0 Å². The quantitative estimate of drug-likeness (QED) is 0.615. The molecule has 2 N–H and O–H groups in total. The van der Waals surface area contributed by atoms with Crippen LogP contribution < -0.4 is 5.32 Å². The topological polar surface area (TPSA) is 78.8 Å². The van der Waals surface area contributed by atoms with Gasteiger partial charge < -0.3 is 10.4 Å². The lowest BCUT2D eigenvalue weighted by Crippen LogP contribution is -2.05. The Morgan fingerprint density at radius 2 is 2.06 bits per heavy atom. The number of rotatable bonds is 2. The Balaban J connectivity index is 2.75. The number of phenols is 1. The molecule has 0 heterocycles.